The highest BCUT2D eigenvalue weighted by atomic mass is 127. The third kappa shape index (κ3) is 1.72. The largest absolute Gasteiger partial charge is 0.349 e. The maximum Gasteiger partial charge on any atom is 0.143 e. The summed E-state index contributed by atoms with van der Waals surface area (Å²) in [5.74, 6) is 0. The molecular formula is C6H5BI2N2. The van der Waals surface area contributed by atoms with Gasteiger partial charge < -0.3 is 4.98 Å². The van der Waals surface area contributed by atoms with Crippen LogP contribution >= 0.6 is 45.2 Å². The average molecular weight is 370 g/mol. The Morgan fingerprint density at radius 1 is 1.64 bits per heavy atom. The molecule has 11 heavy (non-hydrogen) atoms. The van der Waals surface area contributed by atoms with Crippen LogP contribution in [-0.2, 0) is 4.43 Å². The van der Waals surface area contributed by atoms with Crippen LogP contribution in [0.15, 0.2) is 0 Å². The van der Waals surface area contributed by atoms with Crippen LogP contribution < -0.4 is 5.46 Å². The van der Waals surface area contributed by atoms with Gasteiger partial charge in [-0.05, 0) is 22.6 Å². The zero-order valence-corrected chi connectivity index (χ0v) is 10.2. The highest BCUT2D eigenvalue weighted by Crippen LogP contribution is 2.11. The molecule has 0 amide bonds. The molecule has 0 bridgehead atoms. The molecule has 1 aromatic rings. The second kappa shape index (κ2) is 3.80. The van der Waals surface area contributed by atoms with Crippen molar-refractivity contribution in [3.63, 3.8) is 0 Å². The molecule has 0 fully saturated rings. The van der Waals surface area contributed by atoms with Gasteiger partial charge in [-0.25, -0.2) is 0 Å². The molecule has 0 saturated carbocycles. The second-order valence-corrected chi connectivity index (χ2v) is 4.00. The van der Waals surface area contributed by atoms with Gasteiger partial charge in [-0.1, -0.05) is 28.1 Å². The van der Waals surface area contributed by atoms with Crippen LogP contribution in [0.2, 0.25) is 0 Å². The first kappa shape index (κ1) is 9.38. The summed E-state index contributed by atoms with van der Waals surface area (Å²) in [4.78, 5) is 3.07. The van der Waals surface area contributed by atoms with Gasteiger partial charge in [0, 0.05) is 13.7 Å². The van der Waals surface area contributed by atoms with E-state index in [1.54, 1.807) is 0 Å². The lowest BCUT2D eigenvalue weighted by molar-refractivity contribution is 1.23. The van der Waals surface area contributed by atoms with Crippen LogP contribution in [0.4, 0.5) is 0 Å². The molecule has 0 spiro atoms. The predicted molar refractivity (Wildman–Crippen MR) is 64.1 cm³/mol. The molecule has 0 saturated heterocycles. The van der Waals surface area contributed by atoms with E-state index in [0.717, 1.165) is 13.7 Å². The molecule has 1 heterocycles. The van der Waals surface area contributed by atoms with Gasteiger partial charge in [-0.2, -0.15) is 5.26 Å². The summed E-state index contributed by atoms with van der Waals surface area (Å²) >= 11 is 4.47. The maximum absolute atomic E-state index is 8.66. The first-order chi connectivity index (χ1) is 5.20. The van der Waals surface area contributed by atoms with Gasteiger partial charge >= 0.3 is 0 Å². The van der Waals surface area contributed by atoms with Crippen molar-refractivity contribution < 1.29 is 0 Å². The van der Waals surface area contributed by atoms with Crippen molar-refractivity contribution in [3.8, 4) is 6.07 Å². The molecule has 56 valence electrons. The summed E-state index contributed by atoms with van der Waals surface area (Å²) in [5, 5.41) is 8.66. The molecule has 0 aliphatic carbocycles. The van der Waals surface area contributed by atoms with Gasteiger partial charge in [-0.3, -0.25) is 0 Å². The van der Waals surface area contributed by atoms with E-state index < -0.39 is 0 Å². The number of nitrogens with one attached hydrogen (secondary N) is 1. The Balaban J connectivity index is 3.26. The van der Waals surface area contributed by atoms with Gasteiger partial charge in [0.1, 0.15) is 19.6 Å². The van der Waals surface area contributed by atoms with Crippen molar-refractivity contribution in [1.29, 1.82) is 5.26 Å². The van der Waals surface area contributed by atoms with Crippen LogP contribution in [0.3, 0.4) is 0 Å². The number of aromatic nitrogens is 1. The number of hydrogen-bond acceptors (Lipinski definition) is 1. The van der Waals surface area contributed by atoms with Crippen molar-refractivity contribution in [1.82, 2.24) is 4.98 Å². The molecule has 0 atom stereocenters. The minimum Gasteiger partial charge on any atom is -0.349 e. The smallest absolute Gasteiger partial charge is 0.143 e. The van der Waals surface area contributed by atoms with Crippen molar-refractivity contribution in [2.45, 2.75) is 4.43 Å². The van der Waals surface area contributed by atoms with E-state index in [-0.39, 0.29) is 0 Å². The number of H-pyrrole nitrogens is 1. The molecule has 0 unspecified atom stereocenters. The Labute approximate surface area is 93.4 Å². The molecule has 0 aromatic carbocycles. The monoisotopic (exact) mass is 370 g/mol. The van der Waals surface area contributed by atoms with Gasteiger partial charge in [0.25, 0.3) is 0 Å². The van der Waals surface area contributed by atoms with E-state index in [1.165, 1.54) is 5.46 Å². The Kier molecular flexibility index (Phi) is 3.24. The summed E-state index contributed by atoms with van der Waals surface area (Å²) in [6.45, 7) is 0. The van der Waals surface area contributed by atoms with Crippen molar-refractivity contribution in [3.05, 3.63) is 15.0 Å². The van der Waals surface area contributed by atoms with Crippen LogP contribution in [-0.4, -0.2) is 12.8 Å². The summed E-state index contributed by atoms with van der Waals surface area (Å²) in [7, 11) is 2.03. The second-order valence-electron chi connectivity index (χ2n) is 2.16. The molecule has 1 aromatic heterocycles. The van der Waals surface area contributed by atoms with Crippen molar-refractivity contribution in [2.24, 2.45) is 0 Å². The van der Waals surface area contributed by atoms with Crippen LogP contribution in [0.1, 0.15) is 11.4 Å². The standard InChI is InChI=1S/C6H5BI2N2/c7-5-3(1-8)11-4(2-10)6(5)9/h11H,1,7H2. The number of nitrogens with zero attached hydrogens (tertiary/aromatic N) is 1. The van der Waals surface area contributed by atoms with E-state index in [0.29, 0.717) is 5.69 Å². The van der Waals surface area contributed by atoms with Crippen LogP contribution in [0.5, 0.6) is 0 Å². The SMILES string of the molecule is Bc1c(CI)[nH]c(C#N)c1I. The molecule has 0 radical (unpaired) electrons. The molecule has 1 rings (SSSR count). The average Bonchev–Trinajstić information content (AvgIpc) is 2.30. The quantitative estimate of drug-likeness (QED) is 0.441. The number of alkyl halides is 1. The fourth-order valence-electron chi connectivity index (χ4n) is 0.830. The van der Waals surface area contributed by atoms with E-state index in [2.05, 4.69) is 56.2 Å². The summed E-state index contributed by atoms with van der Waals surface area (Å²) in [5.41, 5.74) is 3.05. The van der Waals surface area contributed by atoms with E-state index in [4.69, 9.17) is 5.26 Å². The topological polar surface area (TPSA) is 39.6 Å². The third-order valence-corrected chi connectivity index (χ3v) is 3.63. The molecule has 5 heteroatoms. The minimum absolute atomic E-state index is 0.690. The number of halogens is 2. The molecule has 1 N–H and O–H groups in total. The predicted octanol–water partition coefficient (Wildman–Crippen LogP) is 0.684. The number of nitriles is 1. The first-order valence-corrected chi connectivity index (χ1v) is 5.64. The fourth-order valence-corrected chi connectivity index (χ4v) is 2.17. The zero-order valence-electron chi connectivity index (χ0n) is 5.91. The fraction of sp³-hybridized carbons (Fsp3) is 0.167. The highest BCUT2D eigenvalue weighted by Gasteiger charge is 2.08. The van der Waals surface area contributed by atoms with Crippen LogP contribution in [0, 0.1) is 14.9 Å². The third-order valence-electron chi connectivity index (χ3n) is 1.52. The Bertz CT molecular complexity index is 313. The van der Waals surface area contributed by atoms with Gasteiger partial charge in [0.15, 0.2) is 0 Å². The first-order valence-electron chi connectivity index (χ1n) is 3.03. The summed E-state index contributed by atoms with van der Waals surface area (Å²) in [6, 6.07) is 2.12. The molecular weight excluding hydrogens is 365 g/mol. The number of rotatable bonds is 1. The zero-order chi connectivity index (χ0) is 8.43. The lowest BCUT2D eigenvalue weighted by atomic mass is 9.97. The Morgan fingerprint density at radius 2 is 2.27 bits per heavy atom. The van der Waals surface area contributed by atoms with Crippen LogP contribution in [0.25, 0.3) is 0 Å². The normalized spacial score (nSPS) is 9.55. The van der Waals surface area contributed by atoms with Gasteiger partial charge in [0.2, 0.25) is 0 Å². The Morgan fingerprint density at radius 3 is 2.55 bits per heavy atom. The molecule has 2 nitrogen and oxygen atoms in total. The number of hydrogen-bond donors (Lipinski definition) is 1. The molecule has 0 aliphatic rings. The van der Waals surface area contributed by atoms with Gasteiger partial charge in [-0.15, -0.1) is 0 Å². The maximum atomic E-state index is 8.66. The van der Waals surface area contributed by atoms with E-state index in [9.17, 15) is 0 Å². The number of aromatic amines is 1. The highest BCUT2D eigenvalue weighted by molar-refractivity contribution is 14.1. The van der Waals surface area contributed by atoms with Crippen molar-refractivity contribution >= 4 is 58.5 Å². The van der Waals surface area contributed by atoms with E-state index in [1.807, 2.05) is 7.85 Å². The molecule has 0 aliphatic heterocycles. The summed E-state index contributed by atoms with van der Waals surface area (Å²) < 4.78 is 1.98. The van der Waals surface area contributed by atoms with Crippen molar-refractivity contribution in [2.75, 3.05) is 0 Å². The lowest BCUT2D eigenvalue weighted by Gasteiger charge is -1.89. The summed E-state index contributed by atoms with van der Waals surface area (Å²) in [6.07, 6.45) is 0. The Hall–Kier alpha value is 0.295. The minimum atomic E-state index is 0.690. The lowest BCUT2D eigenvalue weighted by Crippen LogP contribution is -2.08. The van der Waals surface area contributed by atoms with Gasteiger partial charge in [0.05, 0.1) is 0 Å². The van der Waals surface area contributed by atoms with E-state index >= 15 is 0 Å².